The topological polar surface area (TPSA) is 69.7 Å². The standard InChI is InChI=1S/C28H30FN3O3S/c1-7-32-23-13-22(29)19(11-21(23)18(4)14-28(32,5)6)12-24-26(34)31(27(35)36-24)15-25(33)30-20-9-8-16(2)17(3)10-20/h8-14H,7,15H2,1-6H3,(H,30,33)/b24-12+. The van der Waals surface area contributed by atoms with Gasteiger partial charge in [-0.05, 0) is 100 Å². The van der Waals surface area contributed by atoms with Crippen molar-refractivity contribution in [2.45, 2.75) is 47.1 Å². The predicted molar refractivity (Wildman–Crippen MR) is 144 cm³/mol. The van der Waals surface area contributed by atoms with Crippen LogP contribution in [0.2, 0.25) is 0 Å². The van der Waals surface area contributed by atoms with Crippen LogP contribution in [0.4, 0.5) is 20.6 Å². The van der Waals surface area contributed by atoms with Gasteiger partial charge in [0.15, 0.2) is 0 Å². The van der Waals surface area contributed by atoms with Gasteiger partial charge in [-0.3, -0.25) is 19.3 Å². The number of nitrogens with one attached hydrogen (secondary N) is 1. The average Bonchev–Trinajstić information content (AvgIpc) is 3.04. The molecule has 0 unspecified atom stereocenters. The first-order chi connectivity index (χ1) is 16.9. The number of allylic oxidation sites excluding steroid dienone is 1. The van der Waals surface area contributed by atoms with E-state index in [1.54, 1.807) is 12.1 Å². The molecule has 188 valence electrons. The Hall–Kier alpha value is -3.39. The lowest BCUT2D eigenvalue weighted by atomic mass is 9.88. The van der Waals surface area contributed by atoms with Crippen LogP contribution in [-0.2, 0) is 9.59 Å². The number of fused-ring (bicyclic) bond motifs is 1. The van der Waals surface area contributed by atoms with Gasteiger partial charge >= 0.3 is 0 Å². The summed E-state index contributed by atoms with van der Waals surface area (Å²) in [4.78, 5) is 41.1. The Morgan fingerprint density at radius 2 is 1.83 bits per heavy atom. The Morgan fingerprint density at radius 1 is 1.11 bits per heavy atom. The molecule has 6 nitrogen and oxygen atoms in total. The monoisotopic (exact) mass is 507 g/mol. The largest absolute Gasteiger partial charge is 0.363 e. The van der Waals surface area contributed by atoms with E-state index < -0.39 is 29.4 Å². The fourth-order valence-electron chi connectivity index (χ4n) is 4.74. The quantitative estimate of drug-likeness (QED) is 0.493. The molecule has 3 amide bonds. The van der Waals surface area contributed by atoms with Crippen LogP contribution in [0.3, 0.4) is 0 Å². The summed E-state index contributed by atoms with van der Waals surface area (Å²) in [5, 5.41) is 2.16. The minimum atomic E-state index is -0.610. The van der Waals surface area contributed by atoms with Crippen molar-refractivity contribution in [3.05, 3.63) is 69.4 Å². The number of likely N-dealkylation sites (N-methyl/N-ethyl adjacent to an activating group) is 1. The molecule has 2 aromatic rings. The smallest absolute Gasteiger partial charge is 0.294 e. The van der Waals surface area contributed by atoms with E-state index in [0.717, 1.165) is 32.9 Å². The van der Waals surface area contributed by atoms with Gasteiger partial charge in [0, 0.05) is 29.0 Å². The molecule has 0 bridgehead atoms. The van der Waals surface area contributed by atoms with Gasteiger partial charge < -0.3 is 10.2 Å². The normalized spacial score (nSPS) is 18.0. The van der Waals surface area contributed by atoms with E-state index in [0.29, 0.717) is 24.0 Å². The van der Waals surface area contributed by atoms with Crippen LogP contribution < -0.4 is 10.2 Å². The van der Waals surface area contributed by atoms with Crippen molar-refractivity contribution in [1.82, 2.24) is 4.90 Å². The van der Waals surface area contributed by atoms with E-state index >= 15 is 4.39 Å². The lowest BCUT2D eigenvalue weighted by molar-refractivity contribution is -0.127. The summed E-state index contributed by atoms with van der Waals surface area (Å²) >= 11 is 0.708. The molecule has 0 aromatic heterocycles. The van der Waals surface area contributed by atoms with Crippen molar-refractivity contribution in [3.63, 3.8) is 0 Å². The first kappa shape index (κ1) is 25.7. The summed E-state index contributed by atoms with van der Waals surface area (Å²) in [7, 11) is 0. The molecule has 2 aliphatic heterocycles. The molecule has 2 aromatic carbocycles. The van der Waals surface area contributed by atoms with Crippen molar-refractivity contribution in [2.24, 2.45) is 0 Å². The number of amides is 3. The molecule has 2 heterocycles. The summed E-state index contributed by atoms with van der Waals surface area (Å²) in [6, 6.07) is 8.69. The third-order valence-corrected chi connectivity index (χ3v) is 7.57. The summed E-state index contributed by atoms with van der Waals surface area (Å²) in [6.45, 7) is 12.4. The van der Waals surface area contributed by atoms with E-state index in [9.17, 15) is 14.4 Å². The second-order valence-corrected chi connectivity index (χ2v) is 10.7. The van der Waals surface area contributed by atoms with E-state index in [1.165, 1.54) is 12.1 Å². The van der Waals surface area contributed by atoms with Crippen molar-refractivity contribution in [1.29, 1.82) is 0 Å². The highest BCUT2D eigenvalue weighted by atomic mass is 32.2. The van der Waals surface area contributed by atoms with Crippen LogP contribution >= 0.6 is 11.8 Å². The molecule has 36 heavy (non-hydrogen) atoms. The van der Waals surface area contributed by atoms with Crippen LogP contribution in [-0.4, -0.2) is 40.6 Å². The fourth-order valence-corrected chi connectivity index (χ4v) is 5.57. The molecule has 0 radical (unpaired) electrons. The summed E-state index contributed by atoms with van der Waals surface area (Å²) in [5.41, 5.74) is 5.38. The second-order valence-electron chi connectivity index (χ2n) is 9.73. The SMILES string of the molecule is CCN1c2cc(F)c(/C=C3/SC(=O)N(CC(=O)Nc4ccc(C)c(C)c4)C3=O)cc2C(C)=CC1(C)C. The molecule has 4 rings (SSSR count). The molecular formula is C28H30FN3O3S. The maximum atomic E-state index is 15.2. The van der Waals surface area contributed by atoms with Crippen molar-refractivity contribution in [2.75, 3.05) is 23.3 Å². The second kappa shape index (κ2) is 9.58. The Balaban J connectivity index is 1.56. The number of benzene rings is 2. The highest BCUT2D eigenvalue weighted by Gasteiger charge is 2.37. The number of carbonyl (C=O) groups is 3. The van der Waals surface area contributed by atoms with E-state index in [1.807, 2.05) is 39.8 Å². The molecule has 0 spiro atoms. The van der Waals surface area contributed by atoms with Crippen LogP contribution in [0.1, 0.15) is 49.9 Å². The highest BCUT2D eigenvalue weighted by Crippen LogP contribution is 2.41. The zero-order valence-electron chi connectivity index (χ0n) is 21.4. The number of aryl methyl sites for hydroxylation is 2. The molecule has 1 fully saturated rings. The van der Waals surface area contributed by atoms with E-state index in [-0.39, 0.29) is 16.0 Å². The number of thioether (sulfide) groups is 1. The van der Waals surface area contributed by atoms with Gasteiger partial charge in [0.2, 0.25) is 5.91 Å². The first-order valence-electron chi connectivity index (χ1n) is 11.8. The number of nitrogens with zero attached hydrogens (tertiary/aromatic N) is 2. The Bertz CT molecular complexity index is 1350. The molecule has 0 aliphatic carbocycles. The number of hydrogen-bond acceptors (Lipinski definition) is 5. The number of hydrogen-bond donors (Lipinski definition) is 1. The first-order valence-corrected chi connectivity index (χ1v) is 12.7. The van der Waals surface area contributed by atoms with Gasteiger partial charge in [0.25, 0.3) is 11.1 Å². The Kier molecular flexibility index (Phi) is 6.84. The number of anilines is 2. The molecule has 2 aliphatic rings. The maximum Gasteiger partial charge on any atom is 0.294 e. The third-order valence-electron chi connectivity index (χ3n) is 6.66. The number of halogens is 1. The zero-order valence-corrected chi connectivity index (χ0v) is 22.2. The fraction of sp³-hybridized carbons (Fsp3) is 0.321. The molecule has 0 saturated carbocycles. The maximum absolute atomic E-state index is 15.2. The predicted octanol–water partition coefficient (Wildman–Crippen LogP) is 6.14. The highest BCUT2D eigenvalue weighted by molar-refractivity contribution is 8.18. The lowest BCUT2D eigenvalue weighted by Crippen LogP contribution is -2.45. The summed E-state index contributed by atoms with van der Waals surface area (Å²) in [5.74, 6) is -1.57. The number of carbonyl (C=O) groups excluding carboxylic acids is 3. The molecule has 8 heteroatoms. The van der Waals surface area contributed by atoms with Crippen molar-refractivity contribution in [3.8, 4) is 0 Å². The van der Waals surface area contributed by atoms with Gasteiger partial charge in [-0.1, -0.05) is 12.1 Å². The third kappa shape index (κ3) is 4.82. The lowest BCUT2D eigenvalue weighted by Gasteiger charge is -2.42. The average molecular weight is 508 g/mol. The van der Waals surface area contributed by atoms with Crippen LogP contribution in [0.25, 0.3) is 11.6 Å². The van der Waals surface area contributed by atoms with Gasteiger partial charge in [0.05, 0.1) is 10.4 Å². The van der Waals surface area contributed by atoms with Gasteiger partial charge in [-0.25, -0.2) is 4.39 Å². The van der Waals surface area contributed by atoms with Crippen LogP contribution in [0.15, 0.2) is 41.3 Å². The van der Waals surface area contributed by atoms with Crippen molar-refractivity contribution >= 4 is 51.8 Å². The van der Waals surface area contributed by atoms with Crippen LogP contribution in [0.5, 0.6) is 0 Å². The van der Waals surface area contributed by atoms with Crippen LogP contribution in [0, 0.1) is 19.7 Å². The Morgan fingerprint density at radius 3 is 2.50 bits per heavy atom. The van der Waals surface area contributed by atoms with Gasteiger partial charge in [-0.2, -0.15) is 0 Å². The minimum absolute atomic E-state index is 0.0861. The minimum Gasteiger partial charge on any atom is -0.363 e. The zero-order chi connectivity index (χ0) is 26.4. The molecule has 0 atom stereocenters. The number of rotatable bonds is 5. The van der Waals surface area contributed by atoms with Gasteiger partial charge in [0.1, 0.15) is 12.4 Å². The molecular weight excluding hydrogens is 477 g/mol. The number of imide groups is 1. The molecule has 1 saturated heterocycles. The van der Waals surface area contributed by atoms with E-state index in [2.05, 4.69) is 30.1 Å². The summed E-state index contributed by atoms with van der Waals surface area (Å²) < 4.78 is 15.2. The van der Waals surface area contributed by atoms with Crippen molar-refractivity contribution < 1.29 is 18.8 Å². The summed E-state index contributed by atoms with van der Waals surface area (Å²) in [6.07, 6.45) is 3.54. The Labute approximate surface area is 215 Å². The molecule has 1 N–H and O–H groups in total. The van der Waals surface area contributed by atoms with E-state index in [4.69, 9.17) is 0 Å². The van der Waals surface area contributed by atoms with Gasteiger partial charge in [-0.15, -0.1) is 0 Å².